The van der Waals surface area contributed by atoms with Crippen molar-refractivity contribution in [1.82, 2.24) is 0 Å². The number of nitro groups is 1. The average molecular weight is 300 g/mol. The monoisotopic (exact) mass is 299 g/mol. The summed E-state index contributed by atoms with van der Waals surface area (Å²) in [5.41, 5.74) is 6.05. The summed E-state index contributed by atoms with van der Waals surface area (Å²) in [6, 6.07) is 4.09. The molecular weight excluding hydrogens is 290 g/mol. The van der Waals surface area contributed by atoms with Gasteiger partial charge in [0.15, 0.2) is 0 Å². The van der Waals surface area contributed by atoms with E-state index in [2.05, 4.69) is 15.9 Å². The van der Waals surface area contributed by atoms with Gasteiger partial charge in [-0.1, -0.05) is 0 Å². The van der Waals surface area contributed by atoms with Gasteiger partial charge < -0.3 is 10.6 Å². The Balaban J connectivity index is 2.37. The van der Waals surface area contributed by atoms with Gasteiger partial charge in [-0.2, -0.15) is 0 Å². The second-order valence-electron chi connectivity index (χ2n) is 3.78. The number of hydrogen-bond donors (Lipinski definition) is 1. The minimum absolute atomic E-state index is 0.0595. The second kappa shape index (κ2) is 4.42. The number of carbonyl (C=O) groups is 1. The van der Waals surface area contributed by atoms with Gasteiger partial charge in [0.2, 0.25) is 5.91 Å². The van der Waals surface area contributed by atoms with Crippen LogP contribution in [-0.4, -0.2) is 23.4 Å². The molecule has 7 heteroatoms. The Morgan fingerprint density at radius 3 is 2.76 bits per heavy atom. The summed E-state index contributed by atoms with van der Waals surface area (Å²) in [6.07, 6.45) is 0.572. The first-order valence-corrected chi connectivity index (χ1v) is 5.81. The number of rotatable bonds is 2. The van der Waals surface area contributed by atoms with Crippen LogP contribution in [-0.2, 0) is 4.79 Å². The molecule has 0 aliphatic carbocycles. The molecule has 0 radical (unpaired) electrons. The van der Waals surface area contributed by atoms with Crippen LogP contribution in [0.3, 0.4) is 0 Å². The van der Waals surface area contributed by atoms with E-state index < -0.39 is 11.0 Å². The zero-order chi connectivity index (χ0) is 12.6. The number of nitrogens with two attached hydrogens (primary N) is 1. The highest BCUT2D eigenvalue weighted by Crippen LogP contribution is 2.31. The smallest absolute Gasteiger partial charge is 0.285 e. The number of halogens is 1. The van der Waals surface area contributed by atoms with Crippen molar-refractivity contribution in [3.8, 4) is 0 Å². The van der Waals surface area contributed by atoms with Crippen LogP contribution in [0, 0.1) is 10.1 Å². The summed E-state index contributed by atoms with van der Waals surface area (Å²) in [5, 5.41) is 10.8. The summed E-state index contributed by atoms with van der Waals surface area (Å²) in [4.78, 5) is 23.5. The van der Waals surface area contributed by atoms with Crippen LogP contribution in [0.15, 0.2) is 22.7 Å². The molecule has 90 valence electrons. The molecule has 1 heterocycles. The average Bonchev–Trinajstić information content (AvgIpc) is 2.60. The van der Waals surface area contributed by atoms with Gasteiger partial charge in [0, 0.05) is 12.6 Å². The first-order chi connectivity index (χ1) is 8.00. The minimum atomic E-state index is -0.502. The molecule has 1 amide bonds. The van der Waals surface area contributed by atoms with Crippen LogP contribution in [0.1, 0.15) is 6.42 Å². The molecule has 0 aromatic heterocycles. The van der Waals surface area contributed by atoms with Crippen LogP contribution in [0.4, 0.5) is 11.4 Å². The van der Waals surface area contributed by atoms with Crippen molar-refractivity contribution in [2.45, 2.75) is 12.5 Å². The topological polar surface area (TPSA) is 89.5 Å². The Kier molecular flexibility index (Phi) is 3.12. The molecule has 2 rings (SSSR count). The van der Waals surface area contributed by atoms with E-state index in [-0.39, 0.29) is 11.6 Å². The first kappa shape index (κ1) is 12.0. The Morgan fingerprint density at radius 1 is 1.53 bits per heavy atom. The molecule has 1 fully saturated rings. The number of carbonyl (C=O) groups excluding carboxylic acids is 1. The molecule has 0 saturated carbocycles. The second-order valence-corrected chi connectivity index (χ2v) is 4.63. The van der Waals surface area contributed by atoms with Gasteiger partial charge in [-0.3, -0.25) is 14.9 Å². The molecular formula is C10H10BrN3O3. The lowest BCUT2D eigenvalue weighted by Crippen LogP contribution is -2.33. The van der Waals surface area contributed by atoms with Gasteiger partial charge in [0.1, 0.15) is 0 Å². The fraction of sp³-hybridized carbons (Fsp3) is 0.300. The lowest BCUT2D eigenvalue weighted by molar-refractivity contribution is -0.385. The zero-order valence-electron chi connectivity index (χ0n) is 8.80. The molecule has 1 aromatic carbocycles. The van der Waals surface area contributed by atoms with Crippen molar-refractivity contribution in [3.05, 3.63) is 32.8 Å². The normalized spacial score (nSPS) is 19.8. The molecule has 1 aliphatic heterocycles. The summed E-state index contributed by atoms with van der Waals surface area (Å²) < 4.78 is 0.391. The number of nitrogens with zero attached hydrogens (tertiary/aromatic N) is 2. The molecule has 17 heavy (non-hydrogen) atoms. The van der Waals surface area contributed by atoms with E-state index in [0.717, 1.165) is 0 Å². The third-order valence-corrected chi connectivity index (χ3v) is 3.36. The maximum Gasteiger partial charge on any atom is 0.285 e. The Hall–Kier alpha value is -1.47. The number of amides is 1. The number of hydrogen-bond acceptors (Lipinski definition) is 4. The summed E-state index contributed by atoms with van der Waals surface area (Å²) in [5.74, 6) is -0.193. The molecule has 1 aromatic rings. The van der Waals surface area contributed by atoms with Crippen LogP contribution < -0.4 is 10.6 Å². The van der Waals surface area contributed by atoms with Gasteiger partial charge >= 0.3 is 0 Å². The highest BCUT2D eigenvalue weighted by atomic mass is 79.9. The van der Waals surface area contributed by atoms with Gasteiger partial charge in [0.25, 0.3) is 5.69 Å². The third-order valence-electron chi connectivity index (χ3n) is 2.69. The maximum absolute atomic E-state index is 11.7. The SMILES string of the molecule is NC1CCN(c2ccc(Br)c([N+](=O)[O-])c2)C1=O. The molecule has 1 aliphatic rings. The van der Waals surface area contributed by atoms with Gasteiger partial charge in [-0.25, -0.2) is 0 Å². The highest BCUT2D eigenvalue weighted by Gasteiger charge is 2.30. The molecule has 2 N–H and O–H groups in total. The lowest BCUT2D eigenvalue weighted by atomic mass is 10.2. The largest absolute Gasteiger partial charge is 0.320 e. The third kappa shape index (κ3) is 2.16. The highest BCUT2D eigenvalue weighted by molar-refractivity contribution is 9.10. The van der Waals surface area contributed by atoms with Crippen molar-refractivity contribution >= 4 is 33.2 Å². The summed E-state index contributed by atoms with van der Waals surface area (Å²) >= 11 is 3.10. The zero-order valence-corrected chi connectivity index (χ0v) is 10.4. The number of nitro benzene ring substituents is 1. The lowest BCUT2D eigenvalue weighted by Gasteiger charge is -2.15. The molecule has 1 atom stereocenters. The van der Waals surface area contributed by atoms with Gasteiger partial charge in [-0.15, -0.1) is 0 Å². The Labute approximate surface area is 106 Å². The standard InChI is InChI=1S/C10H10BrN3O3/c11-7-2-1-6(5-9(7)14(16)17)13-4-3-8(12)10(13)15/h1-2,5,8H,3-4,12H2. The first-order valence-electron chi connectivity index (χ1n) is 5.01. The Bertz CT molecular complexity index is 492. The number of benzene rings is 1. The quantitative estimate of drug-likeness (QED) is 0.660. The minimum Gasteiger partial charge on any atom is -0.320 e. The van der Waals surface area contributed by atoms with Crippen molar-refractivity contribution in [1.29, 1.82) is 0 Å². The summed E-state index contributed by atoms with van der Waals surface area (Å²) in [6.45, 7) is 0.499. The van der Waals surface area contributed by atoms with E-state index in [1.54, 1.807) is 12.1 Å². The summed E-state index contributed by atoms with van der Waals surface area (Å²) in [7, 11) is 0. The molecule has 0 bridgehead atoms. The molecule has 0 spiro atoms. The van der Waals surface area contributed by atoms with Crippen molar-refractivity contribution in [2.75, 3.05) is 11.4 Å². The van der Waals surface area contributed by atoms with E-state index in [9.17, 15) is 14.9 Å². The molecule has 1 saturated heterocycles. The Morgan fingerprint density at radius 2 is 2.24 bits per heavy atom. The van der Waals surface area contributed by atoms with Crippen molar-refractivity contribution in [3.63, 3.8) is 0 Å². The van der Waals surface area contributed by atoms with Gasteiger partial charge in [-0.05, 0) is 34.5 Å². The van der Waals surface area contributed by atoms with Crippen LogP contribution in [0.25, 0.3) is 0 Å². The van der Waals surface area contributed by atoms with Gasteiger partial charge in [0.05, 0.1) is 21.1 Å². The van der Waals surface area contributed by atoms with E-state index in [4.69, 9.17) is 5.73 Å². The van der Waals surface area contributed by atoms with E-state index in [0.29, 0.717) is 23.1 Å². The number of anilines is 1. The van der Waals surface area contributed by atoms with E-state index >= 15 is 0 Å². The van der Waals surface area contributed by atoms with E-state index in [1.807, 2.05) is 0 Å². The van der Waals surface area contributed by atoms with Crippen molar-refractivity contribution in [2.24, 2.45) is 5.73 Å². The molecule has 6 nitrogen and oxygen atoms in total. The predicted octanol–water partition coefficient (Wildman–Crippen LogP) is 1.42. The van der Waals surface area contributed by atoms with Crippen LogP contribution in [0.5, 0.6) is 0 Å². The van der Waals surface area contributed by atoms with E-state index in [1.165, 1.54) is 11.0 Å². The fourth-order valence-corrected chi connectivity index (χ4v) is 2.16. The maximum atomic E-state index is 11.7. The van der Waals surface area contributed by atoms with Crippen molar-refractivity contribution < 1.29 is 9.72 Å². The molecule has 1 unspecified atom stereocenters. The predicted molar refractivity (Wildman–Crippen MR) is 65.7 cm³/mol. The van der Waals surface area contributed by atoms with Crippen LogP contribution >= 0.6 is 15.9 Å². The van der Waals surface area contributed by atoms with Crippen LogP contribution in [0.2, 0.25) is 0 Å². The fourth-order valence-electron chi connectivity index (χ4n) is 1.77.